The van der Waals surface area contributed by atoms with Crippen LogP contribution in [-0.2, 0) is 16.1 Å². The van der Waals surface area contributed by atoms with Gasteiger partial charge in [0.05, 0.1) is 18.2 Å². The number of carbonyl (C=O) groups excluding carboxylic acids is 2. The van der Waals surface area contributed by atoms with E-state index in [9.17, 15) is 22.8 Å². The zero-order valence-corrected chi connectivity index (χ0v) is 16.3. The lowest BCUT2D eigenvalue weighted by Crippen LogP contribution is -2.36. The Kier molecular flexibility index (Phi) is 5.61. The minimum atomic E-state index is -0.868. The van der Waals surface area contributed by atoms with Gasteiger partial charge in [-0.2, -0.15) is 0 Å². The second-order valence-corrected chi connectivity index (χ2v) is 7.67. The number of nitrogens with zero attached hydrogens (tertiary/aromatic N) is 1. The fourth-order valence-electron chi connectivity index (χ4n) is 4.25. The largest absolute Gasteiger partial charge is 0.328 e. The van der Waals surface area contributed by atoms with Crippen molar-refractivity contribution in [2.75, 3.05) is 5.32 Å². The third kappa shape index (κ3) is 4.10. The molecular weight excluding hydrogens is 393 g/mol. The highest BCUT2D eigenvalue weighted by atomic mass is 19.1. The molecule has 0 radical (unpaired) electrons. The molecule has 1 unspecified atom stereocenters. The van der Waals surface area contributed by atoms with Crippen LogP contribution in [0.15, 0.2) is 53.6 Å². The minimum absolute atomic E-state index is 0.0679. The van der Waals surface area contributed by atoms with Crippen LogP contribution in [0.5, 0.6) is 0 Å². The van der Waals surface area contributed by atoms with Crippen molar-refractivity contribution in [3.05, 3.63) is 76.6 Å². The molecule has 2 aromatic carbocycles. The molecule has 2 aliphatic rings. The molecule has 1 fully saturated rings. The van der Waals surface area contributed by atoms with Gasteiger partial charge in [0.2, 0.25) is 5.91 Å². The summed E-state index contributed by atoms with van der Waals surface area (Å²) in [5.41, 5.74) is 2.10. The van der Waals surface area contributed by atoms with E-state index in [1.54, 1.807) is 17.0 Å². The number of carbonyl (C=O) groups is 2. The maximum atomic E-state index is 13.8. The molecule has 7 heteroatoms. The lowest BCUT2D eigenvalue weighted by atomic mass is 9.88. The van der Waals surface area contributed by atoms with E-state index >= 15 is 0 Å². The summed E-state index contributed by atoms with van der Waals surface area (Å²) in [6.07, 6.45) is 3.33. The van der Waals surface area contributed by atoms with Crippen LogP contribution in [0.4, 0.5) is 18.9 Å². The first-order chi connectivity index (χ1) is 14.4. The van der Waals surface area contributed by atoms with E-state index in [2.05, 4.69) is 5.32 Å². The van der Waals surface area contributed by atoms with Crippen LogP contribution in [-0.4, -0.2) is 22.8 Å². The van der Waals surface area contributed by atoms with Gasteiger partial charge in [0, 0.05) is 18.2 Å². The highest BCUT2D eigenvalue weighted by molar-refractivity contribution is 6.04. The van der Waals surface area contributed by atoms with Crippen LogP contribution in [0.3, 0.4) is 0 Å². The van der Waals surface area contributed by atoms with Gasteiger partial charge in [0.15, 0.2) is 0 Å². The molecular formula is C23H21F3N2O2. The zero-order chi connectivity index (χ0) is 21.3. The molecule has 1 heterocycles. The second kappa shape index (κ2) is 8.34. The van der Waals surface area contributed by atoms with Gasteiger partial charge in [-0.15, -0.1) is 0 Å². The van der Waals surface area contributed by atoms with Crippen LogP contribution < -0.4 is 5.32 Å². The lowest BCUT2D eigenvalue weighted by molar-refractivity contribution is -0.129. The molecule has 2 amide bonds. The van der Waals surface area contributed by atoms with Gasteiger partial charge in [-0.05, 0) is 54.7 Å². The van der Waals surface area contributed by atoms with Crippen molar-refractivity contribution in [3.8, 4) is 0 Å². The summed E-state index contributed by atoms with van der Waals surface area (Å²) in [4.78, 5) is 27.4. The van der Waals surface area contributed by atoms with Crippen LogP contribution >= 0.6 is 0 Å². The van der Waals surface area contributed by atoms with Crippen molar-refractivity contribution in [1.29, 1.82) is 0 Å². The molecule has 2 aromatic rings. The number of amides is 2. The van der Waals surface area contributed by atoms with Gasteiger partial charge in [-0.25, -0.2) is 13.2 Å². The van der Waals surface area contributed by atoms with Crippen molar-refractivity contribution in [1.82, 2.24) is 4.90 Å². The zero-order valence-electron chi connectivity index (χ0n) is 16.3. The van der Waals surface area contributed by atoms with E-state index in [-0.39, 0.29) is 29.9 Å². The highest BCUT2D eigenvalue weighted by Crippen LogP contribution is 2.38. The molecule has 0 bridgehead atoms. The molecule has 1 saturated carbocycles. The number of anilines is 1. The molecule has 1 aliphatic carbocycles. The van der Waals surface area contributed by atoms with Crippen molar-refractivity contribution >= 4 is 17.5 Å². The van der Waals surface area contributed by atoms with Gasteiger partial charge in [0.1, 0.15) is 17.5 Å². The first-order valence-electron chi connectivity index (χ1n) is 9.94. The standard InChI is InChI=1S/C23H21F3N2O2/c24-15-7-5-14(6-8-15)13-28-21-4-2-1-3-17(21)18(23(28)30)12-22(29)27-20-10-9-16(25)11-19(20)26/h5-11,21H,1-4,12-13H2,(H,27,29). The van der Waals surface area contributed by atoms with Crippen molar-refractivity contribution < 1.29 is 22.8 Å². The number of fused-ring (bicyclic) bond motifs is 1. The maximum absolute atomic E-state index is 13.8. The third-order valence-electron chi connectivity index (χ3n) is 5.67. The maximum Gasteiger partial charge on any atom is 0.251 e. The number of hydrogen-bond donors (Lipinski definition) is 1. The molecule has 0 aromatic heterocycles. The summed E-state index contributed by atoms with van der Waals surface area (Å²) in [5, 5.41) is 2.42. The fourth-order valence-corrected chi connectivity index (χ4v) is 4.25. The van der Waals surface area contributed by atoms with Crippen LogP contribution in [0.25, 0.3) is 0 Å². The topological polar surface area (TPSA) is 49.4 Å². The van der Waals surface area contributed by atoms with Crippen molar-refractivity contribution in [2.24, 2.45) is 0 Å². The Morgan fingerprint density at radius 2 is 1.77 bits per heavy atom. The van der Waals surface area contributed by atoms with Gasteiger partial charge in [-0.1, -0.05) is 18.6 Å². The Bertz CT molecular complexity index is 1020. The summed E-state index contributed by atoms with van der Waals surface area (Å²) in [7, 11) is 0. The number of halogens is 3. The van der Waals surface area contributed by atoms with Crippen molar-refractivity contribution in [3.63, 3.8) is 0 Å². The molecule has 0 saturated heterocycles. The smallest absolute Gasteiger partial charge is 0.251 e. The number of benzene rings is 2. The van der Waals surface area contributed by atoms with Crippen molar-refractivity contribution in [2.45, 2.75) is 44.7 Å². The lowest BCUT2D eigenvalue weighted by Gasteiger charge is -2.30. The minimum Gasteiger partial charge on any atom is -0.328 e. The number of rotatable bonds is 5. The Hall–Kier alpha value is -3.09. The van der Waals surface area contributed by atoms with Gasteiger partial charge in [0.25, 0.3) is 5.91 Å². The van der Waals surface area contributed by atoms with E-state index < -0.39 is 17.5 Å². The van der Waals surface area contributed by atoms with E-state index in [0.717, 1.165) is 49.0 Å². The highest BCUT2D eigenvalue weighted by Gasteiger charge is 2.40. The predicted octanol–water partition coefficient (Wildman–Crippen LogP) is 4.71. The van der Waals surface area contributed by atoms with E-state index in [0.29, 0.717) is 18.2 Å². The molecule has 156 valence electrons. The Morgan fingerprint density at radius 1 is 1.03 bits per heavy atom. The predicted molar refractivity (Wildman–Crippen MR) is 106 cm³/mol. The van der Waals surface area contributed by atoms with Gasteiger partial charge in [-0.3, -0.25) is 9.59 Å². The molecule has 30 heavy (non-hydrogen) atoms. The fraction of sp³-hybridized carbons (Fsp3) is 0.304. The number of nitrogens with one attached hydrogen (secondary N) is 1. The van der Waals surface area contributed by atoms with Gasteiger partial charge >= 0.3 is 0 Å². The number of hydrogen-bond acceptors (Lipinski definition) is 2. The van der Waals surface area contributed by atoms with E-state index in [1.165, 1.54) is 12.1 Å². The van der Waals surface area contributed by atoms with Gasteiger partial charge < -0.3 is 10.2 Å². The molecule has 1 atom stereocenters. The monoisotopic (exact) mass is 414 g/mol. The summed E-state index contributed by atoms with van der Waals surface area (Å²) in [6.45, 7) is 0.338. The quantitative estimate of drug-likeness (QED) is 0.770. The molecule has 4 rings (SSSR count). The first kappa shape index (κ1) is 20.2. The molecule has 4 nitrogen and oxygen atoms in total. The molecule has 1 N–H and O–H groups in total. The summed E-state index contributed by atoms with van der Waals surface area (Å²) in [5.74, 6) is -2.68. The third-order valence-corrected chi connectivity index (χ3v) is 5.67. The van der Waals surface area contributed by atoms with Crippen LogP contribution in [0, 0.1) is 17.5 Å². The SMILES string of the molecule is O=C(CC1=C2CCCCC2N(Cc2ccc(F)cc2)C1=O)Nc1ccc(F)cc1F. The normalized spacial score (nSPS) is 18.6. The van der Waals surface area contributed by atoms with Crippen LogP contribution in [0.1, 0.15) is 37.7 Å². The summed E-state index contributed by atoms with van der Waals surface area (Å²) in [6, 6.07) is 8.85. The average molecular weight is 414 g/mol. The second-order valence-electron chi connectivity index (χ2n) is 7.67. The molecule has 1 aliphatic heterocycles. The summed E-state index contributed by atoms with van der Waals surface area (Å²) >= 11 is 0. The molecule has 0 spiro atoms. The Labute approximate surface area is 172 Å². The van der Waals surface area contributed by atoms with E-state index in [4.69, 9.17) is 0 Å². The van der Waals surface area contributed by atoms with Crippen LogP contribution in [0.2, 0.25) is 0 Å². The van der Waals surface area contributed by atoms with E-state index in [1.807, 2.05) is 0 Å². The Morgan fingerprint density at radius 3 is 2.50 bits per heavy atom. The Balaban J connectivity index is 1.51. The first-order valence-corrected chi connectivity index (χ1v) is 9.94. The summed E-state index contributed by atoms with van der Waals surface area (Å²) < 4.78 is 40.1. The average Bonchev–Trinajstić information content (AvgIpc) is 2.98.